The van der Waals surface area contributed by atoms with Crippen molar-refractivity contribution >= 4 is 5.91 Å². The highest BCUT2D eigenvalue weighted by molar-refractivity contribution is 5.80. The average molecular weight is 335 g/mol. The lowest BCUT2D eigenvalue weighted by atomic mass is 9.93. The minimum atomic E-state index is 0.132. The van der Waals surface area contributed by atoms with Crippen LogP contribution in [-0.2, 0) is 17.9 Å². The van der Waals surface area contributed by atoms with Gasteiger partial charge in [-0.25, -0.2) is 0 Å². The molecular weight excluding hydrogens is 310 g/mol. The Kier molecular flexibility index (Phi) is 4.53. The molecule has 0 spiro atoms. The topological polar surface area (TPSA) is 36.4 Å². The zero-order valence-corrected chi connectivity index (χ0v) is 14.8. The van der Waals surface area contributed by atoms with Gasteiger partial charge in [0.05, 0.1) is 11.6 Å². The van der Waals surface area contributed by atoms with Gasteiger partial charge in [-0.1, -0.05) is 36.4 Å². The highest BCUT2D eigenvalue weighted by atomic mass is 16.2. The predicted octanol–water partition coefficient (Wildman–Crippen LogP) is 3.01. The van der Waals surface area contributed by atoms with E-state index in [0.29, 0.717) is 11.9 Å². The maximum atomic E-state index is 12.9. The molecule has 25 heavy (non-hydrogen) atoms. The van der Waals surface area contributed by atoms with Crippen LogP contribution in [0.5, 0.6) is 0 Å². The summed E-state index contributed by atoms with van der Waals surface area (Å²) in [4.78, 5) is 22.1. The van der Waals surface area contributed by atoms with Crippen molar-refractivity contribution in [1.82, 2.24) is 14.8 Å². The van der Waals surface area contributed by atoms with Crippen LogP contribution in [0.4, 0.5) is 0 Å². The molecule has 3 fully saturated rings. The molecule has 0 N–H and O–H groups in total. The smallest absolute Gasteiger partial charge is 0.227 e. The Labute approximate surface area is 149 Å². The van der Waals surface area contributed by atoms with Crippen LogP contribution in [0.3, 0.4) is 0 Å². The number of amides is 1. The van der Waals surface area contributed by atoms with Crippen molar-refractivity contribution < 1.29 is 4.79 Å². The fraction of sp³-hybridized carbons (Fsp3) is 0.429. The van der Waals surface area contributed by atoms with Crippen molar-refractivity contribution in [2.45, 2.75) is 38.9 Å². The molecule has 4 heterocycles. The first kappa shape index (κ1) is 16.3. The van der Waals surface area contributed by atoms with Gasteiger partial charge in [0.15, 0.2) is 0 Å². The average Bonchev–Trinajstić information content (AvgIpc) is 2.88. The van der Waals surface area contributed by atoms with Gasteiger partial charge in [-0.2, -0.15) is 0 Å². The first-order valence-electron chi connectivity index (χ1n) is 9.18. The summed E-state index contributed by atoms with van der Waals surface area (Å²) in [5.74, 6) is 0.465. The molecule has 0 unspecified atom stereocenters. The maximum Gasteiger partial charge on any atom is 0.227 e. The van der Waals surface area contributed by atoms with E-state index in [2.05, 4.69) is 39.0 Å². The fourth-order valence-electron chi connectivity index (χ4n) is 4.16. The first-order valence-corrected chi connectivity index (χ1v) is 9.18. The molecule has 2 bridgehead atoms. The minimum Gasteiger partial charge on any atom is -0.334 e. The fourth-order valence-corrected chi connectivity index (χ4v) is 4.16. The van der Waals surface area contributed by atoms with Gasteiger partial charge in [0.25, 0.3) is 0 Å². The van der Waals surface area contributed by atoms with E-state index >= 15 is 0 Å². The van der Waals surface area contributed by atoms with E-state index in [1.165, 1.54) is 5.56 Å². The van der Waals surface area contributed by atoms with E-state index in [9.17, 15) is 4.79 Å². The van der Waals surface area contributed by atoms with Gasteiger partial charge in [0.1, 0.15) is 0 Å². The summed E-state index contributed by atoms with van der Waals surface area (Å²) in [5.41, 5.74) is 3.37. The van der Waals surface area contributed by atoms with Crippen LogP contribution in [0.25, 0.3) is 0 Å². The van der Waals surface area contributed by atoms with Crippen LogP contribution < -0.4 is 0 Å². The molecular formula is C21H25N3O. The zero-order chi connectivity index (χ0) is 17.2. The molecule has 1 amide bonds. The number of hydrogen-bond donors (Lipinski definition) is 0. The van der Waals surface area contributed by atoms with Crippen LogP contribution >= 0.6 is 0 Å². The minimum absolute atomic E-state index is 0.132. The van der Waals surface area contributed by atoms with Gasteiger partial charge in [0.2, 0.25) is 5.91 Å². The normalized spacial score (nSPS) is 23.7. The highest BCUT2D eigenvalue weighted by Crippen LogP contribution is 2.31. The van der Waals surface area contributed by atoms with Crippen molar-refractivity contribution in [1.29, 1.82) is 0 Å². The SMILES string of the molecule is Cc1cccc(CN2C[C@H]3CC[C@@H](C2)N(Cc2ccccc2)C3=O)n1. The molecule has 4 heteroatoms. The van der Waals surface area contributed by atoms with Crippen LogP contribution in [-0.4, -0.2) is 39.8 Å². The van der Waals surface area contributed by atoms with Gasteiger partial charge in [-0.3, -0.25) is 14.7 Å². The Morgan fingerprint density at radius 1 is 1.00 bits per heavy atom. The lowest BCUT2D eigenvalue weighted by Crippen LogP contribution is -2.47. The highest BCUT2D eigenvalue weighted by Gasteiger charge is 2.40. The van der Waals surface area contributed by atoms with Crippen LogP contribution in [0, 0.1) is 12.8 Å². The van der Waals surface area contributed by atoms with E-state index in [-0.39, 0.29) is 5.92 Å². The van der Waals surface area contributed by atoms with Gasteiger partial charge in [-0.15, -0.1) is 0 Å². The Bertz CT molecular complexity index is 746. The molecule has 1 aromatic carbocycles. The van der Waals surface area contributed by atoms with E-state index in [1.54, 1.807) is 0 Å². The largest absolute Gasteiger partial charge is 0.334 e. The first-order chi connectivity index (χ1) is 12.2. The molecule has 3 aliphatic heterocycles. The van der Waals surface area contributed by atoms with E-state index < -0.39 is 0 Å². The van der Waals surface area contributed by atoms with Crippen LogP contribution in [0.15, 0.2) is 48.5 Å². The lowest BCUT2D eigenvalue weighted by Gasteiger charge is -2.36. The molecule has 130 valence electrons. The molecule has 5 rings (SSSR count). The number of nitrogens with zero attached hydrogens (tertiary/aromatic N) is 3. The van der Waals surface area contributed by atoms with E-state index in [1.807, 2.05) is 31.2 Å². The second-order valence-corrected chi connectivity index (χ2v) is 7.34. The van der Waals surface area contributed by atoms with Crippen LogP contribution in [0.1, 0.15) is 29.8 Å². The standard InChI is InChI=1S/C21H25N3O/c1-16-6-5-9-19(22-16)14-23-13-18-10-11-20(15-23)24(21(18)25)12-17-7-3-2-4-8-17/h2-9,18,20H,10-15H2,1H3/t18-,20+/m1/s1. The number of aryl methyl sites for hydroxylation is 1. The molecule has 2 atom stereocenters. The number of benzene rings is 1. The summed E-state index contributed by atoms with van der Waals surface area (Å²) in [6.07, 6.45) is 2.13. The number of carbonyl (C=O) groups is 1. The molecule has 3 aliphatic rings. The number of aromatic nitrogens is 1. The van der Waals surface area contributed by atoms with E-state index in [4.69, 9.17) is 0 Å². The molecule has 0 saturated carbocycles. The number of pyridine rings is 1. The van der Waals surface area contributed by atoms with E-state index in [0.717, 1.165) is 50.4 Å². The maximum absolute atomic E-state index is 12.9. The quantitative estimate of drug-likeness (QED) is 0.862. The zero-order valence-electron chi connectivity index (χ0n) is 14.8. The second-order valence-electron chi connectivity index (χ2n) is 7.34. The van der Waals surface area contributed by atoms with Crippen molar-refractivity contribution in [3.8, 4) is 0 Å². The number of rotatable bonds is 4. The Morgan fingerprint density at radius 3 is 2.64 bits per heavy atom. The summed E-state index contributed by atoms with van der Waals surface area (Å²) in [7, 11) is 0. The molecule has 2 aromatic rings. The van der Waals surface area contributed by atoms with Crippen molar-refractivity contribution in [3.63, 3.8) is 0 Å². The summed E-state index contributed by atoms with van der Waals surface area (Å²) < 4.78 is 0. The number of piperidine rings is 1. The van der Waals surface area contributed by atoms with Gasteiger partial charge >= 0.3 is 0 Å². The Morgan fingerprint density at radius 2 is 1.84 bits per heavy atom. The number of carbonyl (C=O) groups excluding carboxylic acids is 1. The predicted molar refractivity (Wildman–Crippen MR) is 97.8 cm³/mol. The second kappa shape index (κ2) is 6.96. The third kappa shape index (κ3) is 3.59. The lowest BCUT2D eigenvalue weighted by molar-refractivity contribution is -0.140. The third-order valence-electron chi connectivity index (χ3n) is 5.40. The van der Waals surface area contributed by atoms with Gasteiger partial charge in [0, 0.05) is 37.9 Å². The molecule has 4 nitrogen and oxygen atoms in total. The number of hydrogen-bond acceptors (Lipinski definition) is 3. The van der Waals surface area contributed by atoms with Gasteiger partial charge < -0.3 is 4.90 Å². The third-order valence-corrected chi connectivity index (χ3v) is 5.40. The van der Waals surface area contributed by atoms with Crippen molar-refractivity contribution in [2.75, 3.05) is 13.1 Å². The summed E-state index contributed by atoms with van der Waals surface area (Å²) in [6, 6.07) is 16.8. The summed E-state index contributed by atoms with van der Waals surface area (Å²) >= 11 is 0. The summed E-state index contributed by atoms with van der Waals surface area (Å²) in [6.45, 7) is 5.40. The van der Waals surface area contributed by atoms with Crippen molar-refractivity contribution in [3.05, 3.63) is 65.5 Å². The summed E-state index contributed by atoms with van der Waals surface area (Å²) in [5, 5.41) is 0. The van der Waals surface area contributed by atoms with Crippen LogP contribution in [0.2, 0.25) is 0 Å². The Hall–Kier alpha value is -2.20. The molecule has 0 aliphatic carbocycles. The van der Waals surface area contributed by atoms with Crippen molar-refractivity contribution in [2.24, 2.45) is 5.92 Å². The Balaban J connectivity index is 1.50. The molecule has 3 saturated heterocycles. The van der Waals surface area contributed by atoms with Gasteiger partial charge in [-0.05, 0) is 37.5 Å². The number of fused-ring (bicyclic) bond motifs is 4. The monoisotopic (exact) mass is 335 g/mol. The molecule has 1 aromatic heterocycles. The molecule has 0 radical (unpaired) electrons.